The van der Waals surface area contributed by atoms with Crippen LogP contribution in [-0.4, -0.2) is 4.98 Å². The number of hydrogen-bond donors (Lipinski definition) is 1. The number of aromatic nitrogens is 1. The highest BCUT2D eigenvalue weighted by Crippen LogP contribution is 2.22. The molecule has 0 amide bonds. The number of nitrogens with one attached hydrogen (secondary N) is 1. The van der Waals surface area contributed by atoms with Crippen LogP contribution in [0.5, 0.6) is 0 Å². The van der Waals surface area contributed by atoms with Gasteiger partial charge in [-0.05, 0) is 12.1 Å². The van der Waals surface area contributed by atoms with Gasteiger partial charge in [-0.1, -0.05) is 17.7 Å². The molecule has 0 bridgehead atoms. The molecule has 0 radical (unpaired) electrons. The Hall–Kier alpha value is -1.75. The van der Waals surface area contributed by atoms with Crippen LogP contribution in [-0.2, 0) is 0 Å². The quantitative estimate of drug-likeness (QED) is 0.653. The highest BCUT2D eigenvalue weighted by molar-refractivity contribution is 6.29. The van der Waals surface area contributed by atoms with Crippen molar-refractivity contribution in [2.45, 2.75) is 0 Å². The van der Waals surface area contributed by atoms with Crippen LogP contribution in [0.1, 0.15) is 0 Å². The zero-order chi connectivity index (χ0) is 12.4. The van der Waals surface area contributed by atoms with E-state index in [2.05, 4.69) is 10.3 Å². The van der Waals surface area contributed by atoms with E-state index in [1.54, 1.807) is 6.07 Å². The molecular weight excluding hydrogens is 253 g/mol. The predicted octanol–water partition coefficient (Wildman–Crippen LogP) is 3.90. The minimum atomic E-state index is -1.24. The predicted molar refractivity (Wildman–Crippen MR) is 58.8 cm³/mol. The second-order valence-corrected chi connectivity index (χ2v) is 3.60. The van der Waals surface area contributed by atoms with Crippen LogP contribution in [0.15, 0.2) is 30.3 Å². The first-order chi connectivity index (χ1) is 8.06. The lowest BCUT2D eigenvalue weighted by molar-refractivity contribution is 0.496. The summed E-state index contributed by atoms with van der Waals surface area (Å²) in [5.41, 5.74) is -0.210. The molecule has 2 aromatic rings. The summed E-state index contributed by atoms with van der Waals surface area (Å²) in [5, 5.41) is 2.71. The fourth-order valence-corrected chi connectivity index (χ4v) is 1.40. The summed E-state index contributed by atoms with van der Waals surface area (Å²) in [4.78, 5) is 3.83. The van der Waals surface area contributed by atoms with Crippen molar-refractivity contribution < 1.29 is 13.2 Å². The molecule has 0 atom stereocenters. The standard InChI is InChI=1S/C11H6ClF3N2/c12-10-2-1-3-11(17-10)16-9-5-7(14)6(13)4-8(9)15/h1-5H,(H,16,17). The van der Waals surface area contributed by atoms with Crippen LogP contribution in [0.4, 0.5) is 24.7 Å². The van der Waals surface area contributed by atoms with Crippen molar-refractivity contribution in [2.75, 3.05) is 5.32 Å². The van der Waals surface area contributed by atoms with Gasteiger partial charge in [-0.2, -0.15) is 0 Å². The Bertz CT molecular complexity index is 560. The molecule has 2 nitrogen and oxygen atoms in total. The Morgan fingerprint density at radius 1 is 1.00 bits per heavy atom. The van der Waals surface area contributed by atoms with Gasteiger partial charge in [0.05, 0.1) is 5.69 Å². The molecule has 0 aliphatic rings. The minimum Gasteiger partial charge on any atom is -0.338 e. The van der Waals surface area contributed by atoms with E-state index in [9.17, 15) is 13.2 Å². The fourth-order valence-electron chi connectivity index (χ4n) is 1.23. The van der Waals surface area contributed by atoms with Crippen LogP contribution >= 0.6 is 11.6 Å². The fraction of sp³-hybridized carbons (Fsp3) is 0. The summed E-state index contributed by atoms with van der Waals surface area (Å²) < 4.78 is 38.9. The van der Waals surface area contributed by atoms with Crippen molar-refractivity contribution in [3.63, 3.8) is 0 Å². The summed E-state index contributed by atoms with van der Waals surface area (Å²) >= 11 is 5.63. The SMILES string of the molecule is Fc1cc(F)c(Nc2cccc(Cl)n2)cc1F. The molecule has 0 saturated heterocycles. The average Bonchev–Trinajstić information content (AvgIpc) is 2.26. The number of nitrogens with zero attached hydrogens (tertiary/aromatic N) is 1. The largest absolute Gasteiger partial charge is 0.338 e. The summed E-state index contributed by atoms with van der Waals surface area (Å²) in [6.07, 6.45) is 0. The summed E-state index contributed by atoms with van der Waals surface area (Å²) in [7, 11) is 0. The van der Waals surface area contributed by atoms with Gasteiger partial charge >= 0.3 is 0 Å². The Morgan fingerprint density at radius 3 is 2.41 bits per heavy atom. The van der Waals surface area contributed by atoms with E-state index in [1.165, 1.54) is 12.1 Å². The molecule has 0 unspecified atom stereocenters. The molecule has 2 rings (SSSR count). The molecule has 1 aromatic carbocycles. The Labute approximate surface area is 100 Å². The third-order valence-corrected chi connectivity index (χ3v) is 2.20. The molecular formula is C11H6ClF3N2. The van der Waals surface area contributed by atoms with E-state index in [4.69, 9.17) is 11.6 Å². The van der Waals surface area contributed by atoms with Gasteiger partial charge in [0.1, 0.15) is 16.8 Å². The average molecular weight is 259 g/mol. The summed E-state index contributed by atoms with van der Waals surface area (Å²) in [6.45, 7) is 0. The molecule has 0 aliphatic heterocycles. The maximum Gasteiger partial charge on any atom is 0.161 e. The van der Waals surface area contributed by atoms with E-state index in [1.807, 2.05) is 0 Å². The van der Waals surface area contributed by atoms with Crippen molar-refractivity contribution in [3.05, 3.63) is 52.9 Å². The number of hydrogen-bond acceptors (Lipinski definition) is 2. The number of benzene rings is 1. The van der Waals surface area contributed by atoms with Crippen LogP contribution in [0.2, 0.25) is 5.15 Å². The van der Waals surface area contributed by atoms with E-state index in [0.717, 1.165) is 0 Å². The van der Waals surface area contributed by atoms with Crippen LogP contribution in [0.25, 0.3) is 0 Å². The van der Waals surface area contributed by atoms with E-state index in [-0.39, 0.29) is 16.7 Å². The zero-order valence-corrected chi connectivity index (χ0v) is 9.10. The number of anilines is 2. The first kappa shape index (κ1) is 11.7. The highest BCUT2D eigenvalue weighted by Gasteiger charge is 2.10. The van der Waals surface area contributed by atoms with E-state index < -0.39 is 17.5 Å². The third kappa shape index (κ3) is 2.68. The summed E-state index contributed by atoms with van der Waals surface area (Å²) in [6, 6.07) is 5.83. The molecule has 0 saturated carbocycles. The molecule has 1 aromatic heterocycles. The topological polar surface area (TPSA) is 24.9 Å². The summed E-state index contributed by atoms with van der Waals surface area (Å²) in [5.74, 6) is -3.06. The maximum absolute atomic E-state index is 13.3. The number of halogens is 4. The lowest BCUT2D eigenvalue weighted by Crippen LogP contribution is -1.98. The molecule has 1 heterocycles. The van der Waals surface area contributed by atoms with Gasteiger partial charge in [-0.25, -0.2) is 18.2 Å². The first-order valence-electron chi connectivity index (χ1n) is 4.60. The lowest BCUT2D eigenvalue weighted by Gasteiger charge is -2.07. The van der Waals surface area contributed by atoms with Crippen LogP contribution < -0.4 is 5.32 Å². The second kappa shape index (κ2) is 4.63. The number of rotatable bonds is 2. The maximum atomic E-state index is 13.3. The molecule has 6 heteroatoms. The monoisotopic (exact) mass is 258 g/mol. The minimum absolute atomic E-state index is 0.206. The van der Waals surface area contributed by atoms with Gasteiger partial charge in [0.2, 0.25) is 0 Å². The molecule has 0 spiro atoms. The van der Waals surface area contributed by atoms with Crippen molar-refractivity contribution in [1.82, 2.24) is 4.98 Å². The number of pyridine rings is 1. The lowest BCUT2D eigenvalue weighted by atomic mass is 10.3. The zero-order valence-electron chi connectivity index (χ0n) is 8.35. The van der Waals surface area contributed by atoms with Gasteiger partial charge in [-0.3, -0.25) is 0 Å². The molecule has 88 valence electrons. The molecule has 17 heavy (non-hydrogen) atoms. The van der Waals surface area contributed by atoms with Crippen LogP contribution in [0.3, 0.4) is 0 Å². The Kier molecular flexibility index (Phi) is 3.19. The van der Waals surface area contributed by atoms with Crippen molar-refractivity contribution in [3.8, 4) is 0 Å². The molecule has 0 fully saturated rings. The third-order valence-electron chi connectivity index (χ3n) is 1.99. The van der Waals surface area contributed by atoms with Crippen molar-refractivity contribution in [2.24, 2.45) is 0 Å². The van der Waals surface area contributed by atoms with Gasteiger partial charge in [0.25, 0.3) is 0 Å². The van der Waals surface area contributed by atoms with Gasteiger partial charge in [-0.15, -0.1) is 0 Å². The van der Waals surface area contributed by atoms with E-state index in [0.29, 0.717) is 12.1 Å². The van der Waals surface area contributed by atoms with Crippen molar-refractivity contribution in [1.29, 1.82) is 0 Å². The normalized spacial score (nSPS) is 10.4. The molecule has 0 aliphatic carbocycles. The van der Waals surface area contributed by atoms with Gasteiger partial charge in [0.15, 0.2) is 11.6 Å². The highest BCUT2D eigenvalue weighted by atomic mass is 35.5. The Balaban J connectivity index is 2.33. The van der Waals surface area contributed by atoms with Crippen molar-refractivity contribution >= 4 is 23.1 Å². The van der Waals surface area contributed by atoms with Gasteiger partial charge in [0, 0.05) is 12.1 Å². The first-order valence-corrected chi connectivity index (χ1v) is 4.98. The Morgan fingerprint density at radius 2 is 1.71 bits per heavy atom. The molecule has 1 N–H and O–H groups in total. The smallest absolute Gasteiger partial charge is 0.161 e. The van der Waals surface area contributed by atoms with E-state index >= 15 is 0 Å². The van der Waals surface area contributed by atoms with Crippen LogP contribution in [0, 0.1) is 17.5 Å². The van der Waals surface area contributed by atoms with Gasteiger partial charge < -0.3 is 5.32 Å². The second-order valence-electron chi connectivity index (χ2n) is 3.22.